The molecule has 0 aliphatic heterocycles. The van der Waals surface area contributed by atoms with Crippen LogP contribution in [0.5, 0.6) is 0 Å². The topological polar surface area (TPSA) is 68.0 Å². The molecule has 0 bridgehead atoms. The van der Waals surface area contributed by atoms with Crippen molar-refractivity contribution >= 4 is 17.3 Å². The summed E-state index contributed by atoms with van der Waals surface area (Å²) in [6.07, 6.45) is 4.08. The first-order valence-electron chi connectivity index (χ1n) is 6.52. The number of aromatic carboxylic acids is 1. The number of carboxylic acid groups (broad SMARTS) is 1. The van der Waals surface area contributed by atoms with Crippen molar-refractivity contribution < 1.29 is 9.90 Å². The third-order valence-electron chi connectivity index (χ3n) is 3.07. The number of thiophene rings is 1. The average Bonchev–Trinajstić information content (AvgIpc) is 3.14. The third-order valence-corrected chi connectivity index (χ3v) is 4.31. The molecule has 0 fully saturated rings. The van der Waals surface area contributed by atoms with Gasteiger partial charge in [-0.15, -0.1) is 11.3 Å². The highest BCUT2D eigenvalue weighted by Crippen LogP contribution is 2.30. The van der Waals surface area contributed by atoms with E-state index in [0.717, 1.165) is 11.3 Å². The van der Waals surface area contributed by atoms with Gasteiger partial charge in [-0.3, -0.25) is 0 Å². The Morgan fingerprint density at radius 2 is 2.19 bits per heavy atom. The Hall–Kier alpha value is -2.47. The van der Waals surface area contributed by atoms with E-state index in [1.165, 1.54) is 15.8 Å². The van der Waals surface area contributed by atoms with Crippen LogP contribution in [0.15, 0.2) is 42.7 Å². The molecule has 1 N–H and O–H groups in total. The smallest absolute Gasteiger partial charge is 0.339 e. The predicted octanol–water partition coefficient (Wildman–Crippen LogP) is 3.26. The van der Waals surface area contributed by atoms with Gasteiger partial charge in [0.05, 0.1) is 4.88 Å². The SMILES string of the molecule is CCc1ccc(-c2nn(-c3ccccn3)cc2C(=O)O)s1. The fourth-order valence-electron chi connectivity index (χ4n) is 2.01. The van der Waals surface area contributed by atoms with Gasteiger partial charge in [0.15, 0.2) is 5.82 Å². The van der Waals surface area contributed by atoms with Crippen molar-refractivity contribution in [1.29, 1.82) is 0 Å². The van der Waals surface area contributed by atoms with Gasteiger partial charge in [0.1, 0.15) is 11.3 Å². The molecule has 3 aromatic rings. The molecular formula is C15H13N3O2S. The lowest BCUT2D eigenvalue weighted by atomic mass is 10.2. The van der Waals surface area contributed by atoms with Gasteiger partial charge in [-0.2, -0.15) is 5.10 Å². The highest BCUT2D eigenvalue weighted by atomic mass is 32.1. The molecule has 0 amide bonds. The Balaban J connectivity index is 2.11. The number of carboxylic acids is 1. The lowest BCUT2D eigenvalue weighted by Gasteiger charge is -1.97. The first-order chi connectivity index (χ1) is 10.2. The largest absolute Gasteiger partial charge is 0.478 e. The second kappa shape index (κ2) is 5.49. The van der Waals surface area contributed by atoms with E-state index in [4.69, 9.17) is 0 Å². The van der Waals surface area contributed by atoms with Crippen LogP contribution in [0.1, 0.15) is 22.2 Å². The van der Waals surface area contributed by atoms with Crippen LogP contribution in [0.25, 0.3) is 16.4 Å². The van der Waals surface area contributed by atoms with Gasteiger partial charge in [0.2, 0.25) is 0 Å². The van der Waals surface area contributed by atoms with E-state index < -0.39 is 5.97 Å². The Morgan fingerprint density at radius 1 is 1.33 bits per heavy atom. The Labute approximate surface area is 125 Å². The van der Waals surface area contributed by atoms with E-state index in [2.05, 4.69) is 17.0 Å². The molecule has 0 atom stereocenters. The maximum atomic E-state index is 11.4. The molecule has 5 nitrogen and oxygen atoms in total. The third kappa shape index (κ3) is 2.57. The number of rotatable bonds is 4. The van der Waals surface area contributed by atoms with Crippen molar-refractivity contribution in [1.82, 2.24) is 14.8 Å². The summed E-state index contributed by atoms with van der Waals surface area (Å²) in [6, 6.07) is 9.35. The van der Waals surface area contributed by atoms with E-state index >= 15 is 0 Å². The summed E-state index contributed by atoms with van der Waals surface area (Å²) in [5.41, 5.74) is 0.669. The first kappa shape index (κ1) is 13.5. The van der Waals surface area contributed by atoms with E-state index in [1.807, 2.05) is 18.2 Å². The van der Waals surface area contributed by atoms with E-state index in [0.29, 0.717) is 11.5 Å². The quantitative estimate of drug-likeness (QED) is 0.803. The number of hydrogen-bond acceptors (Lipinski definition) is 4. The van der Waals surface area contributed by atoms with Gasteiger partial charge in [0, 0.05) is 17.3 Å². The van der Waals surface area contributed by atoms with Gasteiger partial charge in [-0.1, -0.05) is 13.0 Å². The molecule has 0 spiro atoms. The average molecular weight is 299 g/mol. The number of aryl methyl sites for hydroxylation is 1. The number of aromatic nitrogens is 3. The van der Waals surface area contributed by atoms with Crippen molar-refractivity contribution in [2.45, 2.75) is 13.3 Å². The number of carbonyl (C=O) groups is 1. The second-order valence-electron chi connectivity index (χ2n) is 4.45. The molecule has 0 saturated heterocycles. The highest BCUT2D eigenvalue weighted by molar-refractivity contribution is 7.15. The van der Waals surface area contributed by atoms with Crippen molar-refractivity contribution in [3.63, 3.8) is 0 Å². The summed E-state index contributed by atoms with van der Waals surface area (Å²) in [5.74, 6) is -0.392. The number of pyridine rings is 1. The molecule has 106 valence electrons. The van der Waals surface area contributed by atoms with Gasteiger partial charge in [0.25, 0.3) is 0 Å². The maximum Gasteiger partial charge on any atom is 0.339 e. The van der Waals surface area contributed by atoms with E-state index in [1.54, 1.807) is 29.7 Å². The summed E-state index contributed by atoms with van der Waals surface area (Å²) in [7, 11) is 0. The molecular weight excluding hydrogens is 286 g/mol. The van der Waals surface area contributed by atoms with Gasteiger partial charge < -0.3 is 5.11 Å². The molecule has 0 aromatic carbocycles. The van der Waals surface area contributed by atoms with Gasteiger partial charge in [-0.25, -0.2) is 14.5 Å². The molecule has 6 heteroatoms. The monoisotopic (exact) mass is 299 g/mol. The van der Waals surface area contributed by atoms with Crippen LogP contribution in [-0.4, -0.2) is 25.8 Å². The van der Waals surface area contributed by atoms with Crippen LogP contribution in [0.4, 0.5) is 0 Å². The fourth-order valence-corrected chi connectivity index (χ4v) is 2.96. The van der Waals surface area contributed by atoms with E-state index in [9.17, 15) is 9.90 Å². The van der Waals surface area contributed by atoms with Crippen LogP contribution in [0.2, 0.25) is 0 Å². The standard InChI is InChI=1S/C15H13N3O2S/c1-2-10-6-7-12(21-10)14-11(15(19)20)9-18(17-14)13-5-3-4-8-16-13/h3-9H,2H2,1H3,(H,19,20). The molecule has 0 aliphatic carbocycles. The zero-order valence-electron chi connectivity index (χ0n) is 11.4. The molecule has 0 saturated carbocycles. The zero-order valence-corrected chi connectivity index (χ0v) is 12.2. The first-order valence-corrected chi connectivity index (χ1v) is 7.34. The Morgan fingerprint density at radius 3 is 2.81 bits per heavy atom. The lowest BCUT2D eigenvalue weighted by Crippen LogP contribution is -1.97. The van der Waals surface area contributed by atoms with Crippen molar-refractivity contribution in [2.24, 2.45) is 0 Å². The van der Waals surface area contributed by atoms with Crippen molar-refractivity contribution in [2.75, 3.05) is 0 Å². The van der Waals surface area contributed by atoms with Gasteiger partial charge >= 0.3 is 5.97 Å². The minimum absolute atomic E-state index is 0.185. The molecule has 0 aliphatic rings. The van der Waals surface area contributed by atoms with Crippen LogP contribution in [0, 0.1) is 0 Å². The van der Waals surface area contributed by atoms with Crippen LogP contribution in [-0.2, 0) is 6.42 Å². The lowest BCUT2D eigenvalue weighted by molar-refractivity contribution is 0.0697. The second-order valence-corrected chi connectivity index (χ2v) is 5.62. The summed E-state index contributed by atoms with van der Waals surface area (Å²) in [4.78, 5) is 17.7. The van der Waals surface area contributed by atoms with Crippen molar-refractivity contribution in [3.05, 3.63) is 53.2 Å². The Bertz CT molecular complexity index is 777. The zero-order chi connectivity index (χ0) is 14.8. The Kier molecular flexibility index (Phi) is 3.53. The summed E-state index contributed by atoms with van der Waals surface area (Å²) < 4.78 is 1.50. The summed E-state index contributed by atoms with van der Waals surface area (Å²) >= 11 is 1.57. The maximum absolute atomic E-state index is 11.4. The molecule has 3 rings (SSSR count). The molecule has 3 aromatic heterocycles. The molecule has 0 unspecified atom stereocenters. The molecule has 21 heavy (non-hydrogen) atoms. The fraction of sp³-hybridized carbons (Fsp3) is 0.133. The molecule has 0 radical (unpaired) electrons. The van der Waals surface area contributed by atoms with Crippen LogP contribution < -0.4 is 0 Å². The van der Waals surface area contributed by atoms with Crippen molar-refractivity contribution in [3.8, 4) is 16.4 Å². The van der Waals surface area contributed by atoms with Crippen LogP contribution in [0.3, 0.4) is 0 Å². The summed E-state index contributed by atoms with van der Waals surface area (Å²) in [5, 5.41) is 13.8. The molecule has 3 heterocycles. The summed E-state index contributed by atoms with van der Waals surface area (Å²) in [6.45, 7) is 2.07. The minimum atomic E-state index is -0.987. The number of nitrogens with zero attached hydrogens (tertiary/aromatic N) is 3. The van der Waals surface area contributed by atoms with E-state index in [-0.39, 0.29) is 5.56 Å². The predicted molar refractivity (Wildman–Crippen MR) is 81.0 cm³/mol. The highest BCUT2D eigenvalue weighted by Gasteiger charge is 2.19. The minimum Gasteiger partial charge on any atom is -0.478 e. The van der Waals surface area contributed by atoms with Crippen LogP contribution >= 0.6 is 11.3 Å². The van der Waals surface area contributed by atoms with Gasteiger partial charge in [-0.05, 0) is 30.7 Å². The normalized spacial score (nSPS) is 10.7. The number of hydrogen-bond donors (Lipinski definition) is 1.